The summed E-state index contributed by atoms with van der Waals surface area (Å²) in [7, 11) is 0. The summed E-state index contributed by atoms with van der Waals surface area (Å²) < 4.78 is 9.31. The monoisotopic (exact) mass is 751 g/mol. The van der Waals surface area contributed by atoms with Crippen LogP contribution in [0.4, 0.5) is 34.1 Å². The van der Waals surface area contributed by atoms with Crippen LogP contribution in [0.5, 0.6) is 0 Å². The van der Waals surface area contributed by atoms with Crippen LogP contribution in [0, 0.1) is 0 Å². The first-order valence-corrected chi connectivity index (χ1v) is 20.2. The Bertz CT molecular complexity index is 3110. The first kappa shape index (κ1) is 33.4. The molecule has 4 nitrogen and oxygen atoms in total. The molecule has 8 aromatic carbocycles. The van der Waals surface area contributed by atoms with Crippen LogP contribution in [-0.4, -0.2) is 4.98 Å². The number of thiophene rings is 1. The maximum Gasteiger partial charge on any atom is 0.227 e. The van der Waals surface area contributed by atoms with Gasteiger partial charge in [-0.25, -0.2) is 4.98 Å². The molecule has 0 unspecified atom stereocenters. The minimum absolute atomic E-state index is 0.151. The number of hydrogen-bond donors (Lipinski definition) is 0. The van der Waals surface area contributed by atoms with Gasteiger partial charge in [0.25, 0.3) is 0 Å². The third kappa shape index (κ3) is 5.31. The summed E-state index contributed by atoms with van der Waals surface area (Å²) in [4.78, 5) is 10.1. The standard InChI is InChI=1S/C52H37N3OS/c1-52(2)41-27-14-12-25-40(41)48-42(52)28-17-29-43(48)54(35-20-8-4-9-21-35)37-32-45(49-46(33-37)56-51(53-49)34-18-6-3-7-19-34)55(36-22-10-5-11-23-36)44-30-16-26-39-38-24-13-15-31-47(38)57-50(39)44/h3-33H,1-2H3. The van der Waals surface area contributed by atoms with Crippen molar-refractivity contribution in [2.24, 2.45) is 0 Å². The number of para-hydroxylation sites is 2. The molecule has 0 saturated carbocycles. The second kappa shape index (κ2) is 13.1. The SMILES string of the molecule is CC1(C)c2ccccc2-c2c(N(c3ccccc3)c3cc(N(c4ccccc4)c4cccc5c4sc4ccccc45)c4nc(-c5ccccc5)oc4c3)cccc21. The number of benzene rings is 8. The minimum Gasteiger partial charge on any atom is -0.436 e. The van der Waals surface area contributed by atoms with Crippen LogP contribution in [0.2, 0.25) is 0 Å². The van der Waals surface area contributed by atoms with Crippen molar-refractivity contribution in [1.29, 1.82) is 0 Å². The van der Waals surface area contributed by atoms with Gasteiger partial charge in [0.05, 0.1) is 27.4 Å². The van der Waals surface area contributed by atoms with Crippen LogP contribution in [-0.2, 0) is 5.41 Å². The summed E-state index contributed by atoms with van der Waals surface area (Å²) >= 11 is 1.83. The molecule has 0 amide bonds. The third-order valence-electron chi connectivity index (χ3n) is 11.5. The van der Waals surface area contributed by atoms with Gasteiger partial charge in [-0.15, -0.1) is 11.3 Å². The molecule has 2 heterocycles. The van der Waals surface area contributed by atoms with Crippen molar-refractivity contribution in [3.05, 3.63) is 199 Å². The molecule has 0 saturated heterocycles. The largest absolute Gasteiger partial charge is 0.436 e. The van der Waals surface area contributed by atoms with Gasteiger partial charge in [-0.05, 0) is 77.4 Å². The highest BCUT2D eigenvalue weighted by Gasteiger charge is 2.38. The normalized spacial score (nSPS) is 12.9. The van der Waals surface area contributed by atoms with E-state index < -0.39 is 0 Å². The smallest absolute Gasteiger partial charge is 0.227 e. The van der Waals surface area contributed by atoms with Crippen molar-refractivity contribution < 1.29 is 4.42 Å². The first-order valence-electron chi connectivity index (χ1n) is 19.4. The molecule has 0 radical (unpaired) electrons. The summed E-state index contributed by atoms with van der Waals surface area (Å²) in [6.45, 7) is 4.68. The van der Waals surface area contributed by atoms with Gasteiger partial charge in [0.1, 0.15) is 5.52 Å². The zero-order valence-corrected chi connectivity index (χ0v) is 32.4. The molecule has 0 N–H and O–H groups in total. The third-order valence-corrected chi connectivity index (χ3v) is 12.7. The van der Waals surface area contributed by atoms with E-state index in [0.29, 0.717) is 11.5 Å². The summed E-state index contributed by atoms with van der Waals surface area (Å²) in [6.07, 6.45) is 0. The average molecular weight is 752 g/mol. The number of hydrogen-bond acceptors (Lipinski definition) is 5. The van der Waals surface area contributed by atoms with Gasteiger partial charge in [0, 0.05) is 49.5 Å². The second-order valence-electron chi connectivity index (χ2n) is 15.2. The number of aromatic nitrogens is 1. The van der Waals surface area contributed by atoms with E-state index in [1.807, 2.05) is 29.5 Å². The van der Waals surface area contributed by atoms with Gasteiger partial charge in [-0.2, -0.15) is 0 Å². The molecule has 57 heavy (non-hydrogen) atoms. The van der Waals surface area contributed by atoms with Crippen molar-refractivity contribution >= 4 is 76.7 Å². The Labute approximate surface area is 335 Å². The van der Waals surface area contributed by atoms with E-state index in [2.05, 4.69) is 194 Å². The van der Waals surface area contributed by atoms with E-state index in [-0.39, 0.29) is 5.41 Å². The maximum absolute atomic E-state index is 6.83. The zero-order chi connectivity index (χ0) is 38.1. The van der Waals surface area contributed by atoms with E-state index in [4.69, 9.17) is 9.40 Å². The van der Waals surface area contributed by atoms with Gasteiger partial charge >= 0.3 is 0 Å². The number of fused-ring (bicyclic) bond motifs is 7. The Morgan fingerprint density at radius 1 is 0.509 bits per heavy atom. The van der Waals surface area contributed by atoms with Crippen LogP contribution in [0.15, 0.2) is 192 Å². The lowest BCUT2D eigenvalue weighted by Crippen LogP contribution is -2.16. The van der Waals surface area contributed by atoms with Gasteiger partial charge in [0.2, 0.25) is 5.89 Å². The lowest BCUT2D eigenvalue weighted by Gasteiger charge is -2.31. The molecule has 0 atom stereocenters. The average Bonchev–Trinajstić information content (AvgIpc) is 3.94. The lowest BCUT2D eigenvalue weighted by atomic mass is 9.82. The van der Waals surface area contributed by atoms with Crippen molar-refractivity contribution in [3.8, 4) is 22.6 Å². The molecule has 1 aliphatic carbocycles. The molecule has 5 heteroatoms. The molecule has 0 fully saturated rings. The van der Waals surface area contributed by atoms with E-state index in [1.54, 1.807) is 0 Å². The summed E-state index contributed by atoms with van der Waals surface area (Å²) in [5.74, 6) is 0.583. The molecule has 0 aliphatic heterocycles. The molecule has 0 spiro atoms. The van der Waals surface area contributed by atoms with Crippen molar-refractivity contribution in [2.45, 2.75) is 19.3 Å². The predicted octanol–water partition coefficient (Wildman–Crippen LogP) is 15.1. The maximum atomic E-state index is 6.83. The Morgan fingerprint density at radius 2 is 1.12 bits per heavy atom. The fourth-order valence-electron chi connectivity index (χ4n) is 8.82. The molecule has 272 valence electrons. The van der Waals surface area contributed by atoms with Gasteiger partial charge in [-0.3, -0.25) is 0 Å². The van der Waals surface area contributed by atoms with E-state index in [9.17, 15) is 0 Å². The lowest BCUT2D eigenvalue weighted by molar-refractivity contribution is 0.620. The quantitative estimate of drug-likeness (QED) is 0.162. The van der Waals surface area contributed by atoms with E-state index in [0.717, 1.165) is 45.2 Å². The van der Waals surface area contributed by atoms with E-state index in [1.165, 1.54) is 42.4 Å². The number of anilines is 6. The number of rotatable bonds is 7. The molecule has 0 bridgehead atoms. The van der Waals surface area contributed by atoms with E-state index >= 15 is 0 Å². The van der Waals surface area contributed by atoms with Gasteiger partial charge in [0.15, 0.2) is 5.58 Å². The Balaban J connectivity index is 1.23. The minimum atomic E-state index is -0.151. The number of nitrogens with zero attached hydrogens (tertiary/aromatic N) is 3. The van der Waals surface area contributed by atoms with Crippen LogP contribution in [0.1, 0.15) is 25.0 Å². The summed E-state index contributed by atoms with van der Waals surface area (Å²) in [5.41, 5.74) is 13.6. The van der Waals surface area contributed by atoms with Crippen LogP contribution in [0.3, 0.4) is 0 Å². The van der Waals surface area contributed by atoms with Crippen LogP contribution in [0.25, 0.3) is 53.9 Å². The van der Waals surface area contributed by atoms with Gasteiger partial charge in [-0.1, -0.05) is 135 Å². The summed E-state index contributed by atoms with van der Waals surface area (Å²) in [6, 6.07) is 67.0. The Morgan fingerprint density at radius 3 is 1.91 bits per heavy atom. The highest BCUT2D eigenvalue weighted by atomic mass is 32.1. The molecule has 11 rings (SSSR count). The van der Waals surface area contributed by atoms with Crippen LogP contribution < -0.4 is 9.80 Å². The first-order chi connectivity index (χ1) is 28.0. The molecule has 1 aliphatic rings. The highest BCUT2D eigenvalue weighted by molar-refractivity contribution is 7.26. The van der Waals surface area contributed by atoms with Crippen molar-refractivity contribution in [3.63, 3.8) is 0 Å². The van der Waals surface area contributed by atoms with Crippen molar-refractivity contribution in [2.75, 3.05) is 9.80 Å². The fraction of sp³-hybridized carbons (Fsp3) is 0.0577. The Hall–Kier alpha value is -6.95. The highest BCUT2D eigenvalue weighted by Crippen LogP contribution is 2.55. The molecular weight excluding hydrogens is 715 g/mol. The molecule has 10 aromatic rings. The Kier molecular flexibility index (Phi) is 7.66. The van der Waals surface area contributed by atoms with Crippen molar-refractivity contribution in [1.82, 2.24) is 4.98 Å². The predicted molar refractivity (Wildman–Crippen MR) is 239 cm³/mol. The van der Waals surface area contributed by atoms with Crippen LogP contribution >= 0.6 is 11.3 Å². The second-order valence-corrected chi connectivity index (χ2v) is 16.2. The topological polar surface area (TPSA) is 32.5 Å². The molecular formula is C52H37N3OS. The molecule has 2 aromatic heterocycles. The zero-order valence-electron chi connectivity index (χ0n) is 31.6. The summed E-state index contributed by atoms with van der Waals surface area (Å²) in [5, 5.41) is 2.49. The van der Waals surface area contributed by atoms with Gasteiger partial charge < -0.3 is 14.2 Å². The fourth-order valence-corrected chi connectivity index (χ4v) is 10.0. The number of oxazole rings is 1.